The minimum absolute atomic E-state index is 0.00838. The molecule has 214 valence electrons. The highest BCUT2D eigenvalue weighted by Crippen LogP contribution is 2.29. The van der Waals surface area contributed by atoms with Gasteiger partial charge in [-0.05, 0) is 58.9 Å². The lowest BCUT2D eigenvalue weighted by Crippen LogP contribution is -2.55. The predicted molar refractivity (Wildman–Crippen MR) is 147 cm³/mol. The monoisotopic (exact) mass is 562 g/mol. The summed E-state index contributed by atoms with van der Waals surface area (Å²) in [5.41, 5.74) is 1.81. The molecule has 1 amide bonds. The third-order valence-electron chi connectivity index (χ3n) is 6.19. The predicted octanol–water partition coefficient (Wildman–Crippen LogP) is 4.51. The van der Waals surface area contributed by atoms with E-state index in [1.807, 2.05) is 30.3 Å². The second kappa shape index (κ2) is 14.4. The van der Waals surface area contributed by atoms with E-state index in [1.165, 1.54) is 4.90 Å². The Morgan fingerprint density at radius 2 is 1.87 bits per heavy atom. The van der Waals surface area contributed by atoms with E-state index < -0.39 is 23.7 Å². The number of aliphatic hydroxyl groups excluding tert-OH is 1. The van der Waals surface area contributed by atoms with Gasteiger partial charge in [0.25, 0.3) is 0 Å². The molecule has 2 heterocycles. The Morgan fingerprint density at radius 3 is 2.54 bits per heavy atom. The first-order chi connectivity index (χ1) is 18.6. The molecule has 1 fully saturated rings. The summed E-state index contributed by atoms with van der Waals surface area (Å²) in [4.78, 5) is 27.1. The topological polar surface area (TPSA) is 123 Å². The molecule has 10 nitrogen and oxygen atoms in total. The standard InChI is InChI=1S/C28H39ClN4O6/c1-5-38-26(35)23-14-13-20(16-33(23)27(36)39-28(2,3)4)30-25-22(18-37-17-19-10-7-6-8-11-19)21(12-9-15-34)24(29)31-32-25/h6-8,10-11,20,23,34H,5,9,12-18H2,1-4H3,(H,30,32)/t20-,23+/m1/s1. The number of piperidine rings is 1. The van der Waals surface area contributed by atoms with Gasteiger partial charge in [0.1, 0.15) is 11.6 Å². The molecule has 0 radical (unpaired) electrons. The second-order valence-corrected chi connectivity index (χ2v) is 10.8. The minimum Gasteiger partial charge on any atom is -0.464 e. The molecule has 1 aliphatic rings. The number of esters is 1. The highest BCUT2D eigenvalue weighted by molar-refractivity contribution is 6.30. The molecular weight excluding hydrogens is 524 g/mol. The first kappa shape index (κ1) is 30.6. The van der Waals surface area contributed by atoms with Gasteiger partial charge in [0.05, 0.1) is 19.8 Å². The van der Waals surface area contributed by atoms with Gasteiger partial charge in [0.2, 0.25) is 0 Å². The number of aromatic nitrogens is 2. The van der Waals surface area contributed by atoms with E-state index >= 15 is 0 Å². The number of halogens is 1. The van der Waals surface area contributed by atoms with Crippen LogP contribution in [0.15, 0.2) is 30.3 Å². The van der Waals surface area contributed by atoms with Crippen LogP contribution in [-0.4, -0.2) is 69.7 Å². The van der Waals surface area contributed by atoms with Crippen LogP contribution >= 0.6 is 11.6 Å². The van der Waals surface area contributed by atoms with Crippen LogP contribution in [0.4, 0.5) is 10.6 Å². The van der Waals surface area contributed by atoms with Crippen molar-refractivity contribution in [2.24, 2.45) is 0 Å². The van der Waals surface area contributed by atoms with Crippen molar-refractivity contribution in [3.8, 4) is 0 Å². The van der Waals surface area contributed by atoms with Gasteiger partial charge < -0.3 is 24.6 Å². The van der Waals surface area contributed by atoms with Crippen molar-refractivity contribution in [3.63, 3.8) is 0 Å². The summed E-state index contributed by atoms with van der Waals surface area (Å²) < 4.78 is 16.8. The summed E-state index contributed by atoms with van der Waals surface area (Å²) >= 11 is 6.43. The number of hydrogen-bond donors (Lipinski definition) is 2. The third kappa shape index (κ3) is 9.05. The number of hydrogen-bond acceptors (Lipinski definition) is 9. The van der Waals surface area contributed by atoms with Gasteiger partial charge in [-0.3, -0.25) is 4.90 Å². The number of benzene rings is 1. The smallest absolute Gasteiger partial charge is 0.411 e. The van der Waals surface area contributed by atoms with Crippen molar-refractivity contribution >= 4 is 29.5 Å². The van der Waals surface area contributed by atoms with Crippen LogP contribution in [0.25, 0.3) is 0 Å². The molecule has 3 rings (SSSR count). The molecule has 0 spiro atoms. The number of carbonyl (C=O) groups excluding carboxylic acids is 2. The molecule has 1 aromatic carbocycles. The maximum atomic E-state index is 13.1. The van der Waals surface area contributed by atoms with E-state index in [0.29, 0.717) is 38.1 Å². The SMILES string of the molecule is CCOC(=O)[C@@H]1CC[C@@H](Nc2nnc(Cl)c(CCCO)c2COCc2ccccc2)CN1C(=O)OC(C)(C)C. The average molecular weight is 563 g/mol. The molecule has 11 heteroatoms. The fraction of sp³-hybridized carbons (Fsp3) is 0.571. The Kier molecular flexibility index (Phi) is 11.3. The molecular formula is C28H39ClN4O6. The van der Waals surface area contributed by atoms with Gasteiger partial charge in [0, 0.05) is 30.3 Å². The summed E-state index contributed by atoms with van der Waals surface area (Å²) in [5, 5.41) is 21.5. The molecule has 2 N–H and O–H groups in total. The summed E-state index contributed by atoms with van der Waals surface area (Å²) in [6, 6.07) is 8.84. The van der Waals surface area contributed by atoms with Crippen LogP contribution in [0.1, 0.15) is 63.6 Å². The van der Waals surface area contributed by atoms with Crippen LogP contribution in [0, 0.1) is 0 Å². The molecule has 1 saturated heterocycles. The number of rotatable bonds is 11. The number of amides is 1. The van der Waals surface area contributed by atoms with E-state index in [-0.39, 0.29) is 37.6 Å². The quantitative estimate of drug-likeness (QED) is 0.380. The zero-order valence-corrected chi connectivity index (χ0v) is 23.9. The highest BCUT2D eigenvalue weighted by atomic mass is 35.5. The first-order valence-corrected chi connectivity index (χ1v) is 13.7. The second-order valence-electron chi connectivity index (χ2n) is 10.4. The molecule has 1 aliphatic heterocycles. The average Bonchev–Trinajstić information content (AvgIpc) is 2.89. The van der Waals surface area contributed by atoms with Gasteiger partial charge >= 0.3 is 12.1 Å². The fourth-order valence-electron chi connectivity index (χ4n) is 4.40. The number of nitrogens with one attached hydrogen (secondary N) is 1. The molecule has 0 unspecified atom stereocenters. The minimum atomic E-state index is -0.733. The highest BCUT2D eigenvalue weighted by Gasteiger charge is 2.39. The summed E-state index contributed by atoms with van der Waals surface area (Å²) in [6.07, 6.45) is 1.41. The molecule has 39 heavy (non-hydrogen) atoms. The molecule has 2 atom stereocenters. The largest absolute Gasteiger partial charge is 0.464 e. The summed E-state index contributed by atoms with van der Waals surface area (Å²) in [5.74, 6) is 0.0403. The van der Waals surface area contributed by atoms with Gasteiger partial charge in [-0.1, -0.05) is 41.9 Å². The molecule has 1 aromatic heterocycles. The van der Waals surface area contributed by atoms with Crippen molar-refractivity contribution in [3.05, 3.63) is 52.2 Å². The summed E-state index contributed by atoms with van der Waals surface area (Å²) in [7, 11) is 0. The van der Waals surface area contributed by atoms with Crippen molar-refractivity contribution in [1.82, 2.24) is 15.1 Å². The maximum Gasteiger partial charge on any atom is 0.411 e. The zero-order chi connectivity index (χ0) is 28.4. The Bertz CT molecular complexity index is 1100. The van der Waals surface area contributed by atoms with Crippen LogP contribution < -0.4 is 5.32 Å². The Labute approximate surface area is 235 Å². The zero-order valence-electron chi connectivity index (χ0n) is 23.1. The molecule has 0 saturated carbocycles. The molecule has 0 aliphatic carbocycles. The lowest BCUT2D eigenvalue weighted by atomic mass is 9.98. The number of aliphatic hydroxyl groups is 1. The number of carbonyl (C=O) groups is 2. The van der Waals surface area contributed by atoms with E-state index in [2.05, 4.69) is 15.5 Å². The normalized spacial score (nSPS) is 17.5. The number of ether oxygens (including phenoxy) is 3. The fourth-order valence-corrected chi connectivity index (χ4v) is 4.64. The van der Waals surface area contributed by atoms with Crippen molar-refractivity contribution in [1.29, 1.82) is 0 Å². The lowest BCUT2D eigenvalue weighted by Gasteiger charge is -2.39. The van der Waals surface area contributed by atoms with Crippen LogP contribution in [0.5, 0.6) is 0 Å². The molecule has 2 aromatic rings. The Morgan fingerprint density at radius 1 is 1.13 bits per heavy atom. The number of anilines is 1. The Hall–Kier alpha value is -2.95. The molecule has 0 bridgehead atoms. The van der Waals surface area contributed by atoms with Gasteiger partial charge in [0.15, 0.2) is 11.0 Å². The van der Waals surface area contributed by atoms with Crippen molar-refractivity contribution in [2.45, 2.75) is 84.3 Å². The Balaban J connectivity index is 1.82. The summed E-state index contributed by atoms with van der Waals surface area (Å²) in [6.45, 7) is 8.14. The van der Waals surface area contributed by atoms with Crippen molar-refractivity contribution in [2.75, 3.05) is 25.1 Å². The van der Waals surface area contributed by atoms with E-state index in [0.717, 1.165) is 16.7 Å². The van der Waals surface area contributed by atoms with Crippen LogP contribution in [0.3, 0.4) is 0 Å². The third-order valence-corrected chi connectivity index (χ3v) is 6.49. The van der Waals surface area contributed by atoms with E-state index in [1.54, 1.807) is 27.7 Å². The first-order valence-electron chi connectivity index (χ1n) is 13.3. The maximum absolute atomic E-state index is 13.1. The number of nitrogens with zero attached hydrogens (tertiary/aromatic N) is 3. The van der Waals surface area contributed by atoms with Gasteiger partial charge in [-0.2, -0.15) is 0 Å². The van der Waals surface area contributed by atoms with E-state index in [9.17, 15) is 14.7 Å². The van der Waals surface area contributed by atoms with E-state index in [4.69, 9.17) is 25.8 Å². The van der Waals surface area contributed by atoms with Gasteiger partial charge in [-0.25, -0.2) is 9.59 Å². The van der Waals surface area contributed by atoms with Crippen LogP contribution in [0.2, 0.25) is 5.15 Å². The lowest BCUT2D eigenvalue weighted by molar-refractivity contribution is -0.150. The number of likely N-dealkylation sites (tertiary alicyclic amines) is 1. The van der Waals surface area contributed by atoms with Crippen molar-refractivity contribution < 1.29 is 28.9 Å². The van der Waals surface area contributed by atoms with Gasteiger partial charge in [-0.15, -0.1) is 10.2 Å². The van der Waals surface area contributed by atoms with Crippen LogP contribution in [-0.2, 0) is 38.6 Å².